The van der Waals surface area contributed by atoms with Crippen LogP contribution in [0.15, 0.2) is 48.5 Å². The normalized spacial score (nSPS) is 11.4. The molecule has 0 saturated carbocycles. The van der Waals surface area contributed by atoms with Gasteiger partial charge in [-0.15, -0.1) is 0 Å². The van der Waals surface area contributed by atoms with Crippen molar-refractivity contribution in [3.8, 4) is 0 Å². The molecule has 0 saturated heterocycles. The fraction of sp³-hybridized carbons (Fsp3) is 0.167. The van der Waals surface area contributed by atoms with E-state index in [0.29, 0.717) is 5.56 Å². The smallest absolute Gasteiger partial charge is 0.326 e. The number of rotatable bonds is 6. The summed E-state index contributed by atoms with van der Waals surface area (Å²) in [7, 11) is 0. The lowest BCUT2D eigenvalue weighted by atomic mass is 10.0. The predicted molar refractivity (Wildman–Crippen MR) is 89.7 cm³/mol. The van der Waals surface area contributed by atoms with Crippen LogP contribution < -0.4 is 10.6 Å². The molecule has 1 atom stereocenters. The van der Waals surface area contributed by atoms with Crippen LogP contribution in [0.25, 0.3) is 0 Å². The molecular weight excluding hydrogens is 327 g/mol. The number of aliphatic carboxylic acids is 1. The molecule has 2 amide bonds. The minimum absolute atomic E-state index is 0.0683. The van der Waals surface area contributed by atoms with Gasteiger partial charge in [-0.1, -0.05) is 24.3 Å². The third kappa shape index (κ3) is 5.13. The van der Waals surface area contributed by atoms with E-state index in [0.717, 1.165) is 0 Å². The molecule has 0 aromatic heterocycles. The summed E-state index contributed by atoms with van der Waals surface area (Å²) in [6, 6.07) is 10.5. The average Bonchev–Trinajstić information content (AvgIpc) is 2.54. The molecule has 0 aliphatic heterocycles. The Labute approximate surface area is 143 Å². The van der Waals surface area contributed by atoms with Crippen molar-refractivity contribution in [2.24, 2.45) is 0 Å². The molecule has 3 N–H and O–H groups in total. The number of hydrogen-bond acceptors (Lipinski definition) is 3. The van der Waals surface area contributed by atoms with Crippen LogP contribution in [-0.2, 0) is 16.0 Å². The molecule has 0 aliphatic carbocycles. The number of carboxylic acid groups (broad SMARTS) is 1. The van der Waals surface area contributed by atoms with Gasteiger partial charge in [-0.3, -0.25) is 9.59 Å². The van der Waals surface area contributed by atoms with Gasteiger partial charge in [0.25, 0.3) is 5.91 Å². The Balaban J connectivity index is 2.18. The SMILES string of the molecule is CC(=O)Nc1ccccc1C(=O)N[C@H](Cc1cccc(F)c1)C(=O)O. The number of carboxylic acids is 1. The van der Waals surface area contributed by atoms with Gasteiger partial charge in [0, 0.05) is 13.3 Å². The van der Waals surface area contributed by atoms with E-state index in [1.54, 1.807) is 24.3 Å². The Morgan fingerprint density at radius 2 is 1.84 bits per heavy atom. The Morgan fingerprint density at radius 1 is 1.12 bits per heavy atom. The molecular formula is C18H17FN2O4. The second-order valence-corrected chi connectivity index (χ2v) is 5.43. The van der Waals surface area contributed by atoms with Crippen LogP contribution in [0.3, 0.4) is 0 Å². The summed E-state index contributed by atoms with van der Waals surface area (Å²) in [5.41, 5.74) is 0.869. The Morgan fingerprint density at radius 3 is 2.48 bits per heavy atom. The van der Waals surface area contributed by atoms with Crippen LogP contribution in [0.2, 0.25) is 0 Å². The molecule has 0 aliphatic rings. The highest BCUT2D eigenvalue weighted by molar-refractivity contribution is 6.04. The molecule has 25 heavy (non-hydrogen) atoms. The van der Waals surface area contributed by atoms with Crippen molar-refractivity contribution in [1.82, 2.24) is 5.32 Å². The number of anilines is 1. The Hall–Kier alpha value is -3.22. The van der Waals surface area contributed by atoms with Crippen molar-refractivity contribution in [3.63, 3.8) is 0 Å². The Kier molecular flexibility index (Phi) is 5.84. The summed E-state index contributed by atoms with van der Waals surface area (Å²) in [6.07, 6.45) is -0.0683. The minimum Gasteiger partial charge on any atom is -0.480 e. The molecule has 0 fully saturated rings. The van der Waals surface area contributed by atoms with E-state index in [-0.39, 0.29) is 23.6 Å². The number of benzene rings is 2. The summed E-state index contributed by atoms with van der Waals surface area (Å²) in [4.78, 5) is 35.1. The summed E-state index contributed by atoms with van der Waals surface area (Å²) in [5.74, 6) is -2.72. The van der Waals surface area contributed by atoms with E-state index in [2.05, 4.69) is 10.6 Å². The van der Waals surface area contributed by atoms with Crippen molar-refractivity contribution in [3.05, 3.63) is 65.5 Å². The van der Waals surface area contributed by atoms with Gasteiger partial charge in [0.1, 0.15) is 11.9 Å². The second kappa shape index (κ2) is 8.05. The zero-order valence-corrected chi connectivity index (χ0v) is 13.5. The van der Waals surface area contributed by atoms with E-state index < -0.39 is 23.7 Å². The zero-order valence-electron chi connectivity index (χ0n) is 13.5. The molecule has 0 spiro atoms. The van der Waals surface area contributed by atoms with Crippen LogP contribution in [-0.4, -0.2) is 28.9 Å². The lowest BCUT2D eigenvalue weighted by Gasteiger charge is -2.16. The molecule has 2 aromatic carbocycles. The third-order valence-corrected chi connectivity index (χ3v) is 3.41. The van der Waals surface area contributed by atoms with E-state index in [9.17, 15) is 23.9 Å². The molecule has 0 heterocycles. The van der Waals surface area contributed by atoms with Crippen LogP contribution in [0.1, 0.15) is 22.8 Å². The molecule has 2 rings (SSSR count). The van der Waals surface area contributed by atoms with Crippen molar-refractivity contribution >= 4 is 23.5 Å². The van der Waals surface area contributed by atoms with Crippen molar-refractivity contribution in [1.29, 1.82) is 0 Å². The van der Waals surface area contributed by atoms with Crippen LogP contribution in [0.4, 0.5) is 10.1 Å². The van der Waals surface area contributed by atoms with Gasteiger partial charge in [-0.2, -0.15) is 0 Å². The zero-order chi connectivity index (χ0) is 18.4. The quantitative estimate of drug-likeness (QED) is 0.749. The van der Waals surface area contributed by atoms with Gasteiger partial charge in [-0.25, -0.2) is 9.18 Å². The number of carbonyl (C=O) groups excluding carboxylic acids is 2. The van der Waals surface area contributed by atoms with E-state index >= 15 is 0 Å². The highest BCUT2D eigenvalue weighted by atomic mass is 19.1. The maximum Gasteiger partial charge on any atom is 0.326 e. The van der Waals surface area contributed by atoms with Crippen LogP contribution >= 0.6 is 0 Å². The number of carbonyl (C=O) groups is 3. The van der Waals surface area contributed by atoms with Crippen LogP contribution in [0.5, 0.6) is 0 Å². The van der Waals surface area contributed by atoms with Crippen LogP contribution in [0, 0.1) is 5.82 Å². The molecule has 0 unspecified atom stereocenters. The first-order chi connectivity index (χ1) is 11.9. The number of amides is 2. The maximum atomic E-state index is 13.2. The molecule has 6 nitrogen and oxygen atoms in total. The minimum atomic E-state index is -1.24. The van der Waals surface area contributed by atoms with E-state index in [1.807, 2.05) is 0 Å². The van der Waals surface area contributed by atoms with Gasteiger partial charge in [0.15, 0.2) is 0 Å². The summed E-state index contributed by atoms with van der Waals surface area (Å²) in [6.45, 7) is 1.30. The number of halogens is 1. The molecule has 0 radical (unpaired) electrons. The van der Waals surface area contributed by atoms with Gasteiger partial charge >= 0.3 is 5.97 Å². The first-order valence-electron chi connectivity index (χ1n) is 7.51. The fourth-order valence-corrected chi connectivity index (χ4v) is 2.32. The van der Waals surface area contributed by atoms with E-state index in [1.165, 1.54) is 31.2 Å². The highest BCUT2D eigenvalue weighted by Gasteiger charge is 2.22. The standard InChI is InChI=1S/C18H17FN2O4/c1-11(22)20-15-8-3-2-7-14(15)17(23)21-16(18(24)25)10-12-5-4-6-13(19)9-12/h2-9,16H,10H2,1H3,(H,20,22)(H,21,23)(H,24,25)/t16-/m1/s1. The summed E-state index contributed by atoms with van der Waals surface area (Å²) < 4.78 is 13.2. The van der Waals surface area contributed by atoms with Crippen molar-refractivity contribution in [2.75, 3.05) is 5.32 Å². The van der Waals surface area contributed by atoms with Gasteiger partial charge < -0.3 is 15.7 Å². The van der Waals surface area contributed by atoms with Gasteiger partial charge in [0.05, 0.1) is 11.3 Å². The number of para-hydroxylation sites is 1. The number of nitrogens with one attached hydrogen (secondary N) is 2. The van der Waals surface area contributed by atoms with Gasteiger partial charge in [-0.05, 0) is 29.8 Å². The van der Waals surface area contributed by atoms with Crippen molar-refractivity contribution < 1.29 is 23.9 Å². The molecule has 0 bridgehead atoms. The largest absolute Gasteiger partial charge is 0.480 e. The predicted octanol–water partition coefficient (Wildman–Crippen LogP) is 2.21. The van der Waals surface area contributed by atoms with E-state index in [4.69, 9.17) is 0 Å². The molecule has 7 heteroatoms. The first-order valence-corrected chi connectivity index (χ1v) is 7.51. The highest BCUT2D eigenvalue weighted by Crippen LogP contribution is 2.15. The lowest BCUT2D eigenvalue weighted by Crippen LogP contribution is -2.42. The monoisotopic (exact) mass is 344 g/mol. The summed E-state index contributed by atoms with van der Waals surface area (Å²) >= 11 is 0. The molecule has 2 aromatic rings. The second-order valence-electron chi connectivity index (χ2n) is 5.43. The van der Waals surface area contributed by atoms with Gasteiger partial charge in [0.2, 0.25) is 5.91 Å². The lowest BCUT2D eigenvalue weighted by molar-refractivity contribution is -0.139. The number of hydrogen-bond donors (Lipinski definition) is 3. The average molecular weight is 344 g/mol. The summed E-state index contributed by atoms with van der Waals surface area (Å²) in [5, 5.41) is 14.3. The topological polar surface area (TPSA) is 95.5 Å². The first kappa shape index (κ1) is 18.1. The van der Waals surface area contributed by atoms with Crippen molar-refractivity contribution in [2.45, 2.75) is 19.4 Å². The fourth-order valence-electron chi connectivity index (χ4n) is 2.32. The molecule has 130 valence electrons. The third-order valence-electron chi connectivity index (χ3n) is 3.41. The maximum absolute atomic E-state index is 13.2. The Bertz CT molecular complexity index is 807.